The maximum atomic E-state index is 13.4. The zero-order valence-electron chi connectivity index (χ0n) is 22.8. The van der Waals surface area contributed by atoms with E-state index in [1.807, 2.05) is 0 Å². The molecule has 43 heavy (non-hydrogen) atoms. The van der Waals surface area contributed by atoms with Gasteiger partial charge in [-0.25, -0.2) is 9.78 Å². The Morgan fingerprint density at radius 1 is 0.721 bits per heavy atom. The Hall–Kier alpha value is -5.44. The summed E-state index contributed by atoms with van der Waals surface area (Å²) in [5.41, 5.74) is 7.60. The first kappa shape index (κ1) is 32.1. The predicted octanol–water partition coefficient (Wildman–Crippen LogP) is -0.810. The molecule has 0 bridgehead atoms. The number of phenols is 2. The molecule has 2 aromatic carbocycles. The Morgan fingerprint density at radius 2 is 1.23 bits per heavy atom. The second-order valence-corrected chi connectivity index (χ2v) is 9.75. The van der Waals surface area contributed by atoms with Gasteiger partial charge in [-0.3, -0.25) is 19.2 Å². The summed E-state index contributed by atoms with van der Waals surface area (Å²) in [5.74, 6) is -5.58. The summed E-state index contributed by atoms with van der Waals surface area (Å²) in [4.78, 5) is 69.2. The average Bonchev–Trinajstić information content (AvgIpc) is 3.47. The van der Waals surface area contributed by atoms with Crippen LogP contribution in [0.25, 0.3) is 0 Å². The van der Waals surface area contributed by atoms with Crippen molar-refractivity contribution in [3.63, 3.8) is 0 Å². The zero-order chi connectivity index (χ0) is 31.5. The largest absolute Gasteiger partial charge is 0.508 e. The van der Waals surface area contributed by atoms with Crippen LogP contribution < -0.4 is 21.7 Å². The fourth-order valence-electron chi connectivity index (χ4n) is 4.08. The van der Waals surface area contributed by atoms with Crippen molar-refractivity contribution in [3.8, 4) is 11.5 Å². The van der Waals surface area contributed by atoms with E-state index < -0.39 is 60.2 Å². The predicted molar refractivity (Wildman–Crippen MR) is 150 cm³/mol. The maximum absolute atomic E-state index is 13.4. The number of phenolic OH excluding ortho intramolecular Hbond substituents is 2. The number of nitrogens with one attached hydrogen (secondary N) is 4. The van der Waals surface area contributed by atoms with E-state index in [4.69, 9.17) is 5.73 Å². The van der Waals surface area contributed by atoms with Crippen LogP contribution in [0.15, 0.2) is 61.1 Å². The maximum Gasteiger partial charge on any atom is 0.326 e. The molecule has 4 unspecified atom stereocenters. The monoisotopic (exact) mass is 596 g/mol. The van der Waals surface area contributed by atoms with Gasteiger partial charge in [0.25, 0.3) is 0 Å². The quantitative estimate of drug-likeness (QED) is 0.105. The minimum absolute atomic E-state index is 0.0309. The SMILES string of the molecule is NC(Cc1ccc(O)cc1)C(=O)NC(Cc1ccc(O)cc1)C(=O)NC(CC(=O)O)C(=O)NC(Cc1cnc[nH]1)C(=O)O. The lowest BCUT2D eigenvalue weighted by Gasteiger charge is -2.25. The molecule has 15 heteroatoms. The second-order valence-electron chi connectivity index (χ2n) is 9.75. The van der Waals surface area contributed by atoms with Gasteiger partial charge in [0.05, 0.1) is 18.8 Å². The molecule has 3 rings (SSSR count). The summed E-state index contributed by atoms with van der Waals surface area (Å²) < 4.78 is 0. The minimum Gasteiger partial charge on any atom is -0.508 e. The number of H-pyrrole nitrogens is 1. The highest BCUT2D eigenvalue weighted by molar-refractivity contribution is 5.95. The van der Waals surface area contributed by atoms with Gasteiger partial charge < -0.3 is 47.1 Å². The number of hydrogen-bond donors (Lipinski definition) is 9. The number of amides is 3. The van der Waals surface area contributed by atoms with E-state index in [0.717, 1.165) is 0 Å². The van der Waals surface area contributed by atoms with Gasteiger partial charge in [-0.2, -0.15) is 0 Å². The minimum atomic E-state index is -1.70. The number of rotatable bonds is 15. The molecule has 0 radical (unpaired) electrons. The fraction of sp³-hybridized carbons (Fsp3) is 0.286. The van der Waals surface area contributed by atoms with Crippen molar-refractivity contribution in [2.24, 2.45) is 5.73 Å². The number of aromatic amines is 1. The smallest absolute Gasteiger partial charge is 0.326 e. The first-order valence-corrected chi connectivity index (χ1v) is 13.1. The number of hydrogen-bond acceptors (Lipinski definition) is 9. The molecule has 1 aromatic heterocycles. The summed E-state index contributed by atoms with van der Waals surface area (Å²) in [5, 5.41) is 45.1. The Kier molecular flexibility index (Phi) is 11.2. The van der Waals surface area contributed by atoms with Crippen LogP contribution in [0.5, 0.6) is 11.5 Å². The van der Waals surface area contributed by atoms with E-state index in [-0.39, 0.29) is 30.8 Å². The van der Waals surface area contributed by atoms with Crippen LogP contribution in [0.3, 0.4) is 0 Å². The van der Waals surface area contributed by atoms with Crippen molar-refractivity contribution in [1.29, 1.82) is 0 Å². The van der Waals surface area contributed by atoms with Crippen LogP contribution >= 0.6 is 0 Å². The Labute approximate surface area is 245 Å². The molecule has 10 N–H and O–H groups in total. The van der Waals surface area contributed by atoms with Crippen molar-refractivity contribution >= 4 is 29.7 Å². The third-order valence-electron chi connectivity index (χ3n) is 6.34. The van der Waals surface area contributed by atoms with Crippen molar-refractivity contribution in [1.82, 2.24) is 25.9 Å². The summed E-state index contributed by atoms with van der Waals surface area (Å²) in [7, 11) is 0. The molecule has 228 valence electrons. The number of aromatic nitrogens is 2. The highest BCUT2D eigenvalue weighted by Gasteiger charge is 2.32. The normalized spacial score (nSPS) is 13.6. The molecule has 15 nitrogen and oxygen atoms in total. The number of aliphatic carboxylic acids is 2. The fourth-order valence-corrected chi connectivity index (χ4v) is 4.08. The van der Waals surface area contributed by atoms with Gasteiger partial charge in [0.15, 0.2) is 0 Å². The second kappa shape index (κ2) is 15.0. The summed E-state index contributed by atoms with van der Waals surface area (Å²) >= 11 is 0. The van der Waals surface area contributed by atoms with Gasteiger partial charge in [0, 0.05) is 24.7 Å². The number of nitrogens with two attached hydrogens (primary N) is 1. The standard InChI is InChI=1S/C28H32N6O9/c29-20(9-15-1-5-18(35)6-2-15)25(39)32-21(10-16-3-7-19(36)8-4-16)26(40)33-22(12-24(37)38)27(41)34-23(28(42)43)11-17-13-30-14-31-17/h1-8,13-14,20-23,35-36H,9-12,29H2,(H,30,31)(H,32,39)(H,33,40)(H,34,41)(H,37,38)(H,42,43). The number of carboxylic acid groups (broad SMARTS) is 2. The molecular formula is C28H32N6O9. The number of carbonyl (C=O) groups is 5. The summed E-state index contributed by atoms with van der Waals surface area (Å²) in [6.45, 7) is 0. The number of carbonyl (C=O) groups excluding carboxylic acids is 3. The van der Waals surface area contributed by atoms with Crippen molar-refractivity contribution in [3.05, 3.63) is 77.9 Å². The molecule has 0 aliphatic heterocycles. The lowest BCUT2D eigenvalue weighted by atomic mass is 10.0. The number of aromatic hydroxyl groups is 2. The van der Waals surface area contributed by atoms with E-state index >= 15 is 0 Å². The summed E-state index contributed by atoms with van der Waals surface area (Å²) in [6.07, 6.45) is 1.56. The highest BCUT2D eigenvalue weighted by Crippen LogP contribution is 2.13. The number of carboxylic acids is 2. The van der Waals surface area contributed by atoms with Crippen LogP contribution in [-0.2, 0) is 43.2 Å². The first-order valence-electron chi connectivity index (χ1n) is 13.1. The number of benzene rings is 2. The zero-order valence-corrected chi connectivity index (χ0v) is 22.8. The molecule has 3 aromatic rings. The van der Waals surface area contributed by atoms with Gasteiger partial charge in [-0.1, -0.05) is 24.3 Å². The van der Waals surface area contributed by atoms with E-state index in [0.29, 0.717) is 16.8 Å². The highest BCUT2D eigenvalue weighted by atomic mass is 16.4. The van der Waals surface area contributed by atoms with Crippen molar-refractivity contribution in [2.45, 2.75) is 49.9 Å². The van der Waals surface area contributed by atoms with E-state index in [1.165, 1.54) is 48.9 Å². The van der Waals surface area contributed by atoms with Crippen LogP contribution in [0, 0.1) is 0 Å². The van der Waals surface area contributed by atoms with Gasteiger partial charge in [-0.15, -0.1) is 0 Å². The van der Waals surface area contributed by atoms with E-state index in [2.05, 4.69) is 25.9 Å². The molecule has 0 aliphatic rings. The van der Waals surface area contributed by atoms with E-state index in [1.54, 1.807) is 12.1 Å². The van der Waals surface area contributed by atoms with Crippen LogP contribution in [0.1, 0.15) is 23.2 Å². The molecule has 0 saturated heterocycles. The molecule has 4 atom stereocenters. The molecule has 0 saturated carbocycles. The average molecular weight is 597 g/mol. The molecule has 0 aliphatic carbocycles. The molecular weight excluding hydrogens is 564 g/mol. The molecule has 3 amide bonds. The number of nitrogens with zero attached hydrogens (tertiary/aromatic N) is 1. The van der Waals surface area contributed by atoms with Gasteiger partial charge in [0.2, 0.25) is 17.7 Å². The Balaban J connectivity index is 1.77. The van der Waals surface area contributed by atoms with Crippen molar-refractivity contribution in [2.75, 3.05) is 0 Å². The Bertz CT molecular complexity index is 1410. The first-order chi connectivity index (χ1) is 20.4. The van der Waals surface area contributed by atoms with Crippen LogP contribution in [0.2, 0.25) is 0 Å². The molecule has 0 spiro atoms. The third-order valence-corrected chi connectivity index (χ3v) is 6.34. The number of imidazole rings is 1. The topological polar surface area (TPSA) is 257 Å². The Morgan fingerprint density at radius 3 is 1.74 bits per heavy atom. The lowest BCUT2D eigenvalue weighted by Crippen LogP contribution is -2.58. The van der Waals surface area contributed by atoms with Gasteiger partial charge in [0.1, 0.15) is 29.6 Å². The van der Waals surface area contributed by atoms with E-state index in [9.17, 15) is 44.4 Å². The third kappa shape index (κ3) is 10.2. The van der Waals surface area contributed by atoms with Gasteiger partial charge >= 0.3 is 11.9 Å². The van der Waals surface area contributed by atoms with Crippen LogP contribution in [-0.4, -0.2) is 84.2 Å². The lowest BCUT2D eigenvalue weighted by molar-refractivity contribution is -0.143. The summed E-state index contributed by atoms with van der Waals surface area (Å²) in [6, 6.07) is 6.15. The van der Waals surface area contributed by atoms with Crippen molar-refractivity contribution < 1.29 is 44.4 Å². The van der Waals surface area contributed by atoms with Gasteiger partial charge in [-0.05, 0) is 41.8 Å². The van der Waals surface area contributed by atoms with Crippen LogP contribution in [0.4, 0.5) is 0 Å². The molecule has 1 heterocycles. The molecule has 0 fully saturated rings.